The Morgan fingerprint density at radius 3 is 2.56 bits per heavy atom. The summed E-state index contributed by atoms with van der Waals surface area (Å²) in [6, 6.07) is 4.13. The summed E-state index contributed by atoms with van der Waals surface area (Å²) >= 11 is 0. The third kappa shape index (κ3) is 3.60. The molecule has 1 amide bonds. The first-order chi connectivity index (χ1) is 11.8. The van der Waals surface area contributed by atoms with E-state index in [0.717, 1.165) is 25.9 Å². The monoisotopic (exact) mass is 367 g/mol. The van der Waals surface area contributed by atoms with Crippen molar-refractivity contribution in [2.75, 3.05) is 36.5 Å². The van der Waals surface area contributed by atoms with Crippen molar-refractivity contribution < 1.29 is 18.1 Å². The van der Waals surface area contributed by atoms with Gasteiger partial charge in [-0.1, -0.05) is 0 Å². The van der Waals surface area contributed by atoms with E-state index in [1.807, 2.05) is 4.90 Å². The lowest BCUT2D eigenvalue weighted by atomic mass is 10.1. The van der Waals surface area contributed by atoms with E-state index in [1.165, 1.54) is 11.0 Å². The van der Waals surface area contributed by atoms with Crippen LogP contribution in [-0.2, 0) is 9.84 Å². The van der Waals surface area contributed by atoms with Gasteiger partial charge in [-0.3, -0.25) is 14.9 Å². The minimum atomic E-state index is -3.10. The fourth-order valence-corrected chi connectivity index (χ4v) is 5.25. The summed E-state index contributed by atoms with van der Waals surface area (Å²) in [7, 11) is -1.55. The number of carbonyl (C=O) groups excluding carboxylic acids is 1. The first kappa shape index (κ1) is 17.7. The molecular weight excluding hydrogens is 346 g/mol. The van der Waals surface area contributed by atoms with Crippen molar-refractivity contribution in [2.24, 2.45) is 0 Å². The van der Waals surface area contributed by atoms with Gasteiger partial charge >= 0.3 is 0 Å². The van der Waals surface area contributed by atoms with Crippen LogP contribution in [0.5, 0.6) is 0 Å². The maximum absolute atomic E-state index is 12.6. The van der Waals surface area contributed by atoms with Crippen LogP contribution in [0.1, 0.15) is 29.6 Å². The molecule has 0 aliphatic carbocycles. The first-order valence-corrected chi connectivity index (χ1v) is 10.1. The molecule has 1 aromatic carbocycles. The molecule has 0 N–H and O–H groups in total. The van der Waals surface area contributed by atoms with Gasteiger partial charge in [0, 0.05) is 37.8 Å². The molecular formula is C16H21N3O5S. The molecule has 1 atom stereocenters. The average Bonchev–Trinajstić information content (AvgIpc) is 3.22. The number of hydrogen-bond donors (Lipinski definition) is 0. The van der Waals surface area contributed by atoms with Crippen molar-refractivity contribution in [1.82, 2.24) is 4.90 Å². The van der Waals surface area contributed by atoms with Crippen LogP contribution in [0.4, 0.5) is 11.4 Å². The van der Waals surface area contributed by atoms with Crippen LogP contribution in [0.25, 0.3) is 0 Å². The van der Waals surface area contributed by atoms with Crippen LogP contribution in [0.2, 0.25) is 0 Å². The van der Waals surface area contributed by atoms with Gasteiger partial charge in [-0.25, -0.2) is 8.42 Å². The van der Waals surface area contributed by atoms with E-state index in [2.05, 4.69) is 0 Å². The summed E-state index contributed by atoms with van der Waals surface area (Å²) in [6.45, 7) is 1.54. The van der Waals surface area contributed by atoms with Crippen molar-refractivity contribution in [3.05, 3.63) is 33.9 Å². The highest BCUT2D eigenvalue weighted by Gasteiger charge is 2.33. The smallest absolute Gasteiger partial charge is 0.293 e. The number of sulfone groups is 1. The molecule has 0 aromatic heterocycles. The van der Waals surface area contributed by atoms with Crippen LogP contribution in [0.15, 0.2) is 18.2 Å². The van der Waals surface area contributed by atoms with E-state index < -0.39 is 20.7 Å². The Morgan fingerprint density at radius 2 is 2.00 bits per heavy atom. The minimum absolute atomic E-state index is 0.0524. The average molecular weight is 367 g/mol. The molecule has 25 heavy (non-hydrogen) atoms. The zero-order chi connectivity index (χ0) is 18.2. The Labute approximate surface area is 146 Å². The molecule has 0 bridgehead atoms. The highest BCUT2D eigenvalue weighted by Crippen LogP contribution is 2.32. The molecule has 2 fully saturated rings. The Hall–Kier alpha value is -2.16. The minimum Gasteiger partial charge on any atom is -0.366 e. The van der Waals surface area contributed by atoms with Gasteiger partial charge in [-0.2, -0.15) is 0 Å². The SMILES string of the molecule is CN(C(=O)c1ccc(N2CCCC2)c([N+](=O)[O-])c1)[C@@H]1CCS(=O)(=O)C1. The Balaban J connectivity index is 1.85. The number of anilines is 1. The molecule has 0 spiro atoms. The standard InChI is InChI=1S/C16H21N3O5S/c1-17(13-6-9-25(23,24)11-13)16(20)12-4-5-14(15(10-12)19(21)22)18-7-2-3-8-18/h4-5,10,13H,2-3,6-9,11H2,1H3/t13-/m1/s1. The number of nitro groups is 1. The summed E-state index contributed by atoms with van der Waals surface area (Å²) in [6.07, 6.45) is 2.39. The van der Waals surface area contributed by atoms with Gasteiger partial charge in [0.2, 0.25) is 0 Å². The van der Waals surface area contributed by atoms with Crippen LogP contribution >= 0.6 is 0 Å². The highest BCUT2D eigenvalue weighted by molar-refractivity contribution is 7.91. The number of benzene rings is 1. The van der Waals surface area contributed by atoms with Gasteiger partial charge in [-0.05, 0) is 31.4 Å². The summed E-state index contributed by atoms with van der Waals surface area (Å²) in [5, 5.41) is 11.4. The lowest BCUT2D eigenvalue weighted by Gasteiger charge is -2.24. The van der Waals surface area contributed by atoms with Crippen molar-refractivity contribution in [2.45, 2.75) is 25.3 Å². The molecule has 0 radical (unpaired) electrons. The molecule has 1 aromatic rings. The van der Waals surface area contributed by atoms with Gasteiger partial charge in [0.15, 0.2) is 9.84 Å². The molecule has 2 saturated heterocycles. The van der Waals surface area contributed by atoms with Crippen LogP contribution in [0.3, 0.4) is 0 Å². The van der Waals surface area contributed by atoms with Crippen LogP contribution < -0.4 is 4.90 Å². The van der Waals surface area contributed by atoms with E-state index in [9.17, 15) is 23.3 Å². The summed E-state index contributed by atoms with van der Waals surface area (Å²) in [4.78, 5) is 27.0. The van der Waals surface area contributed by atoms with Crippen molar-refractivity contribution in [1.29, 1.82) is 0 Å². The lowest BCUT2D eigenvalue weighted by molar-refractivity contribution is -0.384. The fourth-order valence-electron chi connectivity index (χ4n) is 3.48. The molecule has 0 saturated carbocycles. The maximum Gasteiger partial charge on any atom is 0.293 e. The largest absolute Gasteiger partial charge is 0.366 e. The summed E-state index contributed by atoms with van der Waals surface area (Å²) in [5.74, 6) is -0.370. The summed E-state index contributed by atoms with van der Waals surface area (Å²) < 4.78 is 23.2. The molecule has 3 rings (SSSR count). The van der Waals surface area contributed by atoms with E-state index in [1.54, 1.807) is 19.2 Å². The molecule has 2 aliphatic heterocycles. The van der Waals surface area contributed by atoms with Crippen LogP contribution in [0, 0.1) is 10.1 Å². The topological polar surface area (TPSA) is 101 Å². The van der Waals surface area contributed by atoms with E-state index >= 15 is 0 Å². The van der Waals surface area contributed by atoms with Crippen molar-refractivity contribution >= 4 is 27.1 Å². The van der Waals surface area contributed by atoms with Gasteiger partial charge in [-0.15, -0.1) is 0 Å². The van der Waals surface area contributed by atoms with E-state index in [4.69, 9.17) is 0 Å². The third-order valence-corrected chi connectivity index (χ3v) is 6.69. The Morgan fingerprint density at radius 1 is 1.32 bits per heavy atom. The highest BCUT2D eigenvalue weighted by atomic mass is 32.2. The second-order valence-electron chi connectivity index (χ2n) is 6.63. The van der Waals surface area contributed by atoms with Gasteiger partial charge in [0.1, 0.15) is 5.69 Å². The number of rotatable bonds is 4. The quantitative estimate of drug-likeness (QED) is 0.590. The van der Waals surface area contributed by atoms with Gasteiger partial charge < -0.3 is 9.80 Å². The Bertz CT molecular complexity index is 802. The van der Waals surface area contributed by atoms with Crippen molar-refractivity contribution in [3.63, 3.8) is 0 Å². The number of nitrogens with zero attached hydrogens (tertiary/aromatic N) is 3. The normalized spacial score (nSPS) is 22.1. The zero-order valence-electron chi connectivity index (χ0n) is 14.1. The fraction of sp³-hybridized carbons (Fsp3) is 0.562. The molecule has 2 heterocycles. The Kier molecular flexibility index (Phi) is 4.68. The summed E-state index contributed by atoms with van der Waals surface area (Å²) in [5.41, 5.74) is 0.659. The zero-order valence-corrected chi connectivity index (χ0v) is 14.9. The molecule has 0 unspecified atom stereocenters. The third-order valence-electron chi connectivity index (χ3n) is 4.94. The van der Waals surface area contributed by atoms with Crippen LogP contribution in [-0.4, -0.2) is 61.8 Å². The number of nitro benzene ring substituents is 1. The molecule has 136 valence electrons. The second-order valence-corrected chi connectivity index (χ2v) is 8.86. The second kappa shape index (κ2) is 6.62. The van der Waals surface area contributed by atoms with Crippen molar-refractivity contribution in [3.8, 4) is 0 Å². The predicted octanol–water partition coefficient (Wildman–Crippen LogP) is 1.45. The van der Waals surface area contributed by atoms with E-state index in [0.29, 0.717) is 12.1 Å². The number of amides is 1. The number of carbonyl (C=O) groups is 1. The molecule has 2 aliphatic rings. The maximum atomic E-state index is 12.6. The van der Waals surface area contributed by atoms with E-state index in [-0.39, 0.29) is 28.8 Å². The predicted molar refractivity (Wildman–Crippen MR) is 93.7 cm³/mol. The first-order valence-electron chi connectivity index (χ1n) is 8.29. The lowest BCUT2D eigenvalue weighted by Crippen LogP contribution is -2.37. The number of hydrogen-bond acceptors (Lipinski definition) is 6. The molecule has 8 nitrogen and oxygen atoms in total. The van der Waals surface area contributed by atoms with Gasteiger partial charge in [0.25, 0.3) is 11.6 Å². The molecule has 9 heteroatoms. The van der Waals surface area contributed by atoms with Gasteiger partial charge in [0.05, 0.1) is 16.4 Å².